The van der Waals surface area contributed by atoms with Crippen molar-refractivity contribution in [3.63, 3.8) is 0 Å². The third-order valence-electron chi connectivity index (χ3n) is 2.33. The van der Waals surface area contributed by atoms with Crippen LogP contribution in [0.1, 0.15) is 21.5 Å². The summed E-state index contributed by atoms with van der Waals surface area (Å²) in [6.45, 7) is 1.54. The number of fused-ring (bicyclic) bond motifs is 1. The molecule has 0 bridgehead atoms. The largest absolute Gasteiger partial charge is 0.465 e. The van der Waals surface area contributed by atoms with Crippen molar-refractivity contribution in [1.29, 1.82) is 0 Å². The predicted octanol–water partition coefficient (Wildman–Crippen LogP) is 1.73. The second-order valence-corrected chi connectivity index (χ2v) is 3.60. The van der Waals surface area contributed by atoms with Crippen molar-refractivity contribution in [2.24, 2.45) is 0 Å². The maximum Gasteiger partial charge on any atom is 0.337 e. The minimum absolute atomic E-state index is 0.346. The summed E-state index contributed by atoms with van der Waals surface area (Å²) >= 11 is 6.03. The number of esters is 1. The van der Waals surface area contributed by atoms with Crippen LogP contribution in [0.3, 0.4) is 0 Å². The van der Waals surface area contributed by atoms with Gasteiger partial charge in [0.2, 0.25) is 0 Å². The first-order chi connectivity index (χ1) is 6.72. The molecule has 1 heterocycles. The maximum atomic E-state index is 11.3. The highest BCUT2D eigenvalue weighted by Crippen LogP contribution is 2.26. The van der Waals surface area contributed by atoms with Gasteiger partial charge < -0.3 is 10.1 Å². The van der Waals surface area contributed by atoms with Crippen LogP contribution in [0.4, 0.5) is 0 Å². The van der Waals surface area contributed by atoms with Crippen LogP contribution >= 0.6 is 11.6 Å². The van der Waals surface area contributed by atoms with Crippen molar-refractivity contribution in [3.05, 3.63) is 33.8 Å². The Morgan fingerprint density at radius 2 is 2.29 bits per heavy atom. The van der Waals surface area contributed by atoms with Gasteiger partial charge in [0.15, 0.2) is 0 Å². The Hall–Kier alpha value is -1.06. The van der Waals surface area contributed by atoms with Gasteiger partial charge in [-0.2, -0.15) is 0 Å². The zero-order chi connectivity index (χ0) is 10.1. The normalized spacial score (nSPS) is 13.9. The number of methoxy groups -OCH3 is 1. The van der Waals surface area contributed by atoms with Crippen molar-refractivity contribution in [3.8, 4) is 0 Å². The van der Waals surface area contributed by atoms with Gasteiger partial charge in [0.25, 0.3) is 0 Å². The molecule has 0 amide bonds. The van der Waals surface area contributed by atoms with Gasteiger partial charge >= 0.3 is 5.97 Å². The molecule has 14 heavy (non-hydrogen) atoms. The molecular formula is C10H10ClNO2. The Balaban J connectivity index is 2.46. The van der Waals surface area contributed by atoms with Crippen LogP contribution in [0, 0.1) is 0 Å². The van der Waals surface area contributed by atoms with Gasteiger partial charge in [0.05, 0.1) is 12.7 Å². The fourth-order valence-corrected chi connectivity index (χ4v) is 1.91. The fourth-order valence-electron chi connectivity index (χ4n) is 1.61. The van der Waals surface area contributed by atoms with E-state index in [1.807, 2.05) is 6.07 Å². The number of hydrogen-bond acceptors (Lipinski definition) is 3. The van der Waals surface area contributed by atoms with E-state index in [1.54, 1.807) is 6.07 Å². The second kappa shape index (κ2) is 3.59. The molecular weight excluding hydrogens is 202 g/mol. The van der Waals surface area contributed by atoms with E-state index in [0.29, 0.717) is 10.6 Å². The zero-order valence-corrected chi connectivity index (χ0v) is 8.52. The summed E-state index contributed by atoms with van der Waals surface area (Å²) in [5.41, 5.74) is 2.68. The van der Waals surface area contributed by atoms with Gasteiger partial charge in [-0.25, -0.2) is 4.79 Å². The summed E-state index contributed by atoms with van der Waals surface area (Å²) in [5.74, 6) is -0.346. The van der Waals surface area contributed by atoms with Crippen LogP contribution in [-0.4, -0.2) is 13.1 Å². The van der Waals surface area contributed by atoms with Gasteiger partial charge in [-0.15, -0.1) is 0 Å². The number of carbonyl (C=O) groups excluding carboxylic acids is 1. The molecule has 0 unspecified atom stereocenters. The molecule has 0 radical (unpaired) electrons. The van der Waals surface area contributed by atoms with Crippen molar-refractivity contribution in [1.82, 2.24) is 5.32 Å². The Kier molecular flexibility index (Phi) is 2.44. The Morgan fingerprint density at radius 3 is 3.00 bits per heavy atom. The zero-order valence-electron chi connectivity index (χ0n) is 7.76. The summed E-state index contributed by atoms with van der Waals surface area (Å²) in [6, 6.07) is 3.48. The summed E-state index contributed by atoms with van der Waals surface area (Å²) in [5, 5.41) is 3.81. The third kappa shape index (κ3) is 1.49. The monoisotopic (exact) mass is 211 g/mol. The quantitative estimate of drug-likeness (QED) is 0.719. The van der Waals surface area contributed by atoms with Crippen LogP contribution in [-0.2, 0) is 17.8 Å². The molecule has 0 saturated carbocycles. The number of rotatable bonds is 1. The fraction of sp³-hybridized carbons (Fsp3) is 0.300. The van der Waals surface area contributed by atoms with Crippen LogP contribution in [0.15, 0.2) is 12.1 Å². The molecule has 0 atom stereocenters. The topological polar surface area (TPSA) is 38.3 Å². The number of benzene rings is 1. The number of ether oxygens (including phenoxy) is 1. The third-order valence-corrected chi connectivity index (χ3v) is 2.66. The number of halogens is 1. The molecule has 1 N–H and O–H groups in total. The van der Waals surface area contributed by atoms with Crippen LogP contribution in [0.2, 0.25) is 5.02 Å². The van der Waals surface area contributed by atoms with E-state index in [0.717, 1.165) is 24.2 Å². The first-order valence-electron chi connectivity index (χ1n) is 4.32. The highest BCUT2D eigenvalue weighted by Gasteiger charge is 2.17. The van der Waals surface area contributed by atoms with Crippen LogP contribution < -0.4 is 5.32 Å². The molecule has 1 aromatic rings. The van der Waals surface area contributed by atoms with Crippen molar-refractivity contribution in [2.75, 3.05) is 7.11 Å². The van der Waals surface area contributed by atoms with Crippen molar-refractivity contribution < 1.29 is 9.53 Å². The first-order valence-corrected chi connectivity index (χ1v) is 4.70. The Labute approximate surface area is 87.0 Å². The summed E-state index contributed by atoms with van der Waals surface area (Å²) in [7, 11) is 1.36. The van der Waals surface area contributed by atoms with Gasteiger partial charge in [0.1, 0.15) is 0 Å². The lowest BCUT2D eigenvalue weighted by molar-refractivity contribution is 0.0600. The molecule has 0 fully saturated rings. The molecule has 0 saturated heterocycles. The van der Waals surface area contributed by atoms with Gasteiger partial charge in [-0.3, -0.25) is 0 Å². The van der Waals surface area contributed by atoms with Gasteiger partial charge in [0, 0.05) is 18.1 Å². The molecule has 1 aromatic carbocycles. The molecule has 2 rings (SSSR count). The standard InChI is InChI=1S/C10H10ClNO2/c1-14-10(13)6-2-7-4-12-5-8(7)9(11)3-6/h2-3,12H,4-5H2,1H3. The highest BCUT2D eigenvalue weighted by molar-refractivity contribution is 6.31. The van der Waals surface area contributed by atoms with Crippen molar-refractivity contribution in [2.45, 2.75) is 13.1 Å². The Morgan fingerprint density at radius 1 is 1.50 bits per heavy atom. The van der Waals surface area contributed by atoms with E-state index in [2.05, 4.69) is 10.1 Å². The summed E-state index contributed by atoms with van der Waals surface area (Å²) in [6.07, 6.45) is 0. The number of nitrogens with one attached hydrogen (secondary N) is 1. The average Bonchev–Trinajstić information content (AvgIpc) is 2.64. The van der Waals surface area contributed by atoms with Crippen molar-refractivity contribution >= 4 is 17.6 Å². The highest BCUT2D eigenvalue weighted by atomic mass is 35.5. The first kappa shape index (κ1) is 9.49. The van der Waals surface area contributed by atoms with Gasteiger partial charge in [-0.1, -0.05) is 11.6 Å². The predicted molar refractivity (Wildman–Crippen MR) is 53.3 cm³/mol. The number of carbonyl (C=O) groups is 1. The molecule has 1 aliphatic rings. The lowest BCUT2D eigenvalue weighted by atomic mass is 10.1. The van der Waals surface area contributed by atoms with Gasteiger partial charge in [-0.05, 0) is 23.3 Å². The van der Waals surface area contributed by atoms with E-state index in [1.165, 1.54) is 7.11 Å². The second-order valence-electron chi connectivity index (χ2n) is 3.19. The average molecular weight is 212 g/mol. The molecule has 0 aromatic heterocycles. The molecule has 1 aliphatic heterocycles. The van der Waals surface area contributed by atoms with Crippen LogP contribution in [0.5, 0.6) is 0 Å². The molecule has 0 spiro atoms. The summed E-state index contributed by atoms with van der Waals surface area (Å²) in [4.78, 5) is 11.3. The lowest BCUT2D eigenvalue weighted by Gasteiger charge is -2.04. The van der Waals surface area contributed by atoms with E-state index in [4.69, 9.17) is 11.6 Å². The molecule has 0 aliphatic carbocycles. The Bertz CT molecular complexity index is 390. The minimum atomic E-state index is -0.346. The van der Waals surface area contributed by atoms with Crippen LogP contribution in [0.25, 0.3) is 0 Å². The van der Waals surface area contributed by atoms with E-state index < -0.39 is 0 Å². The smallest absolute Gasteiger partial charge is 0.337 e. The summed E-state index contributed by atoms with van der Waals surface area (Å²) < 4.78 is 4.63. The molecule has 74 valence electrons. The SMILES string of the molecule is COC(=O)c1cc(Cl)c2c(c1)CNC2. The van der Waals surface area contributed by atoms with E-state index >= 15 is 0 Å². The maximum absolute atomic E-state index is 11.3. The molecule has 4 heteroatoms. The van der Waals surface area contributed by atoms with E-state index in [-0.39, 0.29) is 5.97 Å². The number of hydrogen-bond donors (Lipinski definition) is 1. The minimum Gasteiger partial charge on any atom is -0.465 e. The molecule has 3 nitrogen and oxygen atoms in total. The lowest BCUT2D eigenvalue weighted by Crippen LogP contribution is -2.02. The van der Waals surface area contributed by atoms with E-state index in [9.17, 15) is 4.79 Å².